The molecule has 1 unspecified atom stereocenters. The smallest absolute Gasteiger partial charge is 0.251 e. The average Bonchev–Trinajstić information content (AvgIpc) is 2.59. The fourth-order valence-electron chi connectivity index (χ4n) is 3.23. The Kier molecular flexibility index (Phi) is 7.20. The van der Waals surface area contributed by atoms with E-state index in [0.29, 0.717) is 18.0 Å². The zero-order chi connectivity index (χ0) is 19.3. The molecular formula is C19H31N3O3S. The summed E-state index contributed by atoms with van der Waals surface area (Å²) in [5.41, 5.74) is 1.20. The van der Waals surface area contributed by atoms with Gasteiger partial charge >= 0.3 is 0 Å². The lowest BCUT2D eigenvalue weighted by atomic mass is 10.1. The molecule has 146 valence electrons. The zero-order valence-corrected chi connectivity index (χ0v) is 17.1. The first-order chi connectivity index (χ1) is 12.2. The van der Waals surface area contributed by atoms with E-state index in [0.717, 1.165) is 51.1 Å². The van der Waals surface area contributed by atoms with Crippen molar-refractivity contribution in [2.45, 2.75) is 25.7 Å². The Balaban J connectivity index is 1.88. The van der Waals surface area contributed by atoms with Crippen molar-refractivity contribution in [1.29, 1.82) is 0 Å². The molecule has 1 N–H and O–H groups in total. The summed E-state index contributed by atoms with van der Waals surface area (Å²) in [5.74, 6) is 0.126. The Labute approximate surface area is 157 Å². The lowest BCUT2D eigenvalue weighted by Gasteiger charge is -2.35. The van der Waals surface area contributed by atoms with Crippen LogP contribution in [0.2, 0.25) is 0 Å². The molecule has 0 aromatic heterocycles. The molecule has 1 aliphatic heterocycles. The summed E-state index contributed by atoms with van der Waals surface area (Å²) in [6, 6.07) is 4.69. The van der Waals surface area contributed by atoms with E-state index in [9.17, 15) is 13.2 Å². The van der Waals surface area contributed by atoms with E-state index in [1.54, 1.807) is 12.1 Å². The number of sulfone groups is 1. The summed E-state index contributed by atoms with van der Waals surface area (Å²) >= 11 is 0. The Morgan fingerprint density at radius 3 is 2.38 bits per heavy atom. The summed E-state index contributed by atoms with van der Waals surface area (Å²) in [4.78, 5) is 17.6. The summed E-state index contributed by atoms with van der Waals surface area (Å²) in [6.45, 7) is 13.1. The molecular weight excluding hydrogens is 350 g/mol. The van der Waals surface area contributed by atoms with Gasteiger partial charge in [-0.1, -0.05) is 19.9 Å². The SMILES string of the molecule is CCN1CCN(CC(C)CNC(=O)c2cc(S(C)(=O)=O)ccc2C)CC1. The van der Waals surface area contributed by atoms with E-state index >= 15 is 0 Å². The topological polar surface area (TPSA) is 69.7 Å². The van der Waals surface area contributed by atoms with Crippen molar-refractivity contribution in [3.63, 3.8) is 0 Å². The molecule has 6 nitrogen and oxygen atoms in total. The fourth-order valence-corrected chi connectivity index (χ4v) is 3.88. The van der Waals surface area contributed by atoms with Gasteiger partial charge in [0, 0.05) is 51.1 Å². The number of piperazine rings is 1. The summed E-state index contributed by atoms with van der Waals surface area (Å²) in [6.07, 6.45) is 1.15. The molecule has 1 atom stereocenters. The Morgan fingerprint density at radius 2 is 1.81 bits per heavy atom. The third kappa shape index (κ3) is 5.79. The zero-order valence-electron chi connectivity index (χ0n) is 16.3. The summed E-state index contributed by atoms with van der Waals surface area (Å²) in [7, 11) is -3.32. The number of carbonyl (C=O) groups is 1. The Hall–Kier alpha value is -1.44. The van der Waals surface area contributed by atoms with Gasteiger partial charge in [0.05, 0.1) is 4.90 Å². The number of benzene rings is 1. The maximum Gasteiger partial charge on any atom is 0.251 e. The molecule has 0 radical (unpaired) electrons. The minimum atomic E-state index is -3.32. The van der Waals surface area contributed by atoms with Gasteiger partial charge < -0.3 is 15.1 Å². The number of rotatable bonds is 7. The number of likely N-dealkylation sites (N-methyl/N-ethyl adjacent to an activating group) is 1. The van der Waals surface area contributed by atoms with E-state index in [1.807, 2.05) is 6.92 Å². The largest absolute Gasteiger partial charge is 0.352 e. The molecule has 1 heterocycles. The number of carbonyl (C=O) groups excluding carboxylic acids is 1. The standard InChI is InChI=1S/C19H31N3O3S/c1-5-21-8-10-22(11-9-21)14-15(2)13-20-19(23)18-12-17(26(4,24)25)7-6-16(18)3/h6-7,12,15H,5,8-11,13-14H2,1-4H3,(H,20,23). The van der Waals surface area contributed by atoms with Crippen LogP contribution in [0.25, 0.3) is 0 Å². The second-order valence-electron chi connectivity index (χ2n) is 7.30. The molecule has 1 saturated heterocycles. The number of amides is 1. The molecule has 0 saturated carbocycles. The molecule has 0 aliphatic carbocycles. The van der Waals surface area contributed by atoms with E-state index in [1.165, 1.54) is 6.07 Å². The first-order valence-corrected chi connectivity index (χ1v) is 11.1. The van der Waals surface area contributed by atoms with Gasteiger partial charge in [-0.15, -0.1) is 0 Å². The maximum atomic E-state index is 12.5. The quantitative estimate of drug-likeness (QED) is 0.773. The molecule has 0 spiro atoms. The van der Waals surface area contributed by atoms with Crippen LogP contribution in [0.5, 0.6) is 0 Å². The monoisotopic (exact) mass is 381 g/mol. The van der Waals surface area contributed by atoms with Gasteiger partial charge in [-0.3, -0.25) is 4.79 Å². The molecule has 1 aliphatic rings. The van der Waals surface area contributed by atoms with Crippen molar-refractivity contribution in [3.8, 4) is 0 Å². The second kappa shape index (κ2) is 8.97. The molecule has 2 rings (SSSR count). The first-order valence-electron chi connectivity index (χ1n) is 9.24. The van der Waals surface area contributed by atoms with Crippen molar-refractivity contribution in [3.05, 3.63) is 29.3 Å². The van der Waals surface area contributed by atoms with Crippen molar-refractivity contribution in [2.75, 3.05) is 52.1 Å². The minimum Gasteiger partial charge on any atom is -0.352 e. The molecule has 1 aromatic carbocycles. The highest BCUT2D eigenvalue weighted by molar-refractivity contribution is 7.90. The molecule has 1 amide bonds. The van der Waals surface area contributed by atoms with Crippen molar-refractivity contribution < 1.29 is 13.2 Å². The number of nitrogens with one attached hydrogen (secondary N) is 1. The lowest BCUT2D eigenvalue weighted by Crippen LogP contribution is -2.48. The number of hydrogen-bond donors (Lipinski definition) is 1. The normalized spacial score (nSPS) is 17.8. The Bertz CT molecular complexity index is 726. The van der Waals surface area contributed by atoms with Crippen LogP contribution in [-0.2, 0) is 9.84 Å². The fraction of sp³-hybridized carbons (Fsp3) is 0.632. The highest BCUT2D eigenvalue weighted by Gasteiger charge is 2.19. The average molecular weight is 382 g/mol. The van der Waals surface area contributed by atoms with Crippen LogP contribution in [0.1, 0.15) is 29.8 Å². The third-order valence-electron chi connectivity index (χ3n) is 4.97. The first kappa shape index (κ1) is 20.9. The molecule has 1 aromatic rings. The van der Waals surface area contributed by atoms with Gasteiger partial charge in [0.15, 0.2) is 9.84 Å². The van der Waals surface area contributed by atoms with Gasteiger partial charge in [0.25, 0.3) is 5.91 Å². The summed E-state index contributed by atoms with van der Waals surface area (Å²) in [5, 5.41) is 2.96. The van der Waals surface area contributed by atoms with Crippen molar-refractivity contribution in [1.82, 2.24) is 15.1 Å². The van der Waals surface area contributed by atoms with Gasteiger partial charge in [-0.25, -0.2) is 8.42 Å². The predicted octanol–water partition coefficient (Wildman–Crippen LogP) is 1.40. The molecule has 26 heavy (non-hydrogen) atoms. The second-order valence-corrected chi connectivity index (χ2v) is 9.31. The minimum absolute atomic E-state index is 0.176. The van der Waals surface area contributed by atoms with E-state index in [-0.39, 0.29) is 10.8 Å². The van der Waals surface area contributed by atoms with Crippen LogP contribution in [0.3, 0.4) is 0 Å². The Morgan fingerprint density at radius 1 is 1.19 bits per heavy atom. The highest BCUT2D eigenvalue weighted by atomic mass is 32.2. The predicted molar refractivity (Wildman–Crippen MR) is 104 cm³/mol. The van der Waals surface area contributed by atoms with E-state index in [2.05, 4.69) is 29.0 Å². The lowest BCUT2D eigenvalue weighted by molar-refractivity contribution is 0.0933. The number of aryl methyl sites for hydroxylation is 1. The van der Waals surface area contributed by atoms with Gasteiger partial charge in [0.2, 0.25) is 0 Å². The number of nitrogens with zero attached hydrogens (tertiary/aromatic N) is 2. The third-order valence-corrected chi connectivity index (χ3v) is 6.09. The maximum absolute atomic E-state index is 12.5. The van der Waals surface area contributed by atoms with E-state index in [4.69, 9.17) is 0 Å². The van der Waals surface area contributed by atoms with Gasteiger partial charge in [-0.2, -0.15) is 0 Å². The van der Waals surface area contributed by atoms with Crippen LogP contribution >= 0.6 is 0 Å². The van der Waals surface area contributed by atoms with Crippen LogP contribution in [-0.4, -0.2) is 76.2 Å². The van der Waals surface area contributed by atoms with Gasteiger partial charge in [-0.05, 0) is 37.1 Å². The van der Waals surface area contributed by atoms with Crippen LogP contribution in [0, 0.1) is 12.8 Å². The van der Waals surface area contributed by atoms with Crippen LogP contribution in [0.15, 0.2) is 23.1 Å². The molecule has 1 fully saturated rings. The molecule has 7 heteroatoms. The number of hydrogen-bond acceptors (Lipinski definition) is 5. The van der Waals surface area contributed by atoms with Gasteiger partial charge in [0.1, 0.15) is 0 Å². The molecule has 0 bridgehead atoms. The van der Waals surface area contributed by atoms with E-state index < -0.39 is 9.84 Å². The van der Waals surface area contributed by atoms with Crippen molar-refractivity contribution >= 4 is 15.7 Å². The van der Waals surface area contributed by atoms with Crippen LogP contribution in [0.4, 0.5) is 0 Å². The van der Waals surface area contributed by atoms with Crippen molar-refractivity contribution in [2.24, 2.45) is 5.92 Å². The summed E-state index contributed by atoms with van der Waals surface area (Å²) < 4.78 is 23.4. The van der Waals surface area contributed by atoms with Crippen LogP contribution < -0.4 is 5.32 Å². The highest BCUT2D eigenvalue weighted by Crippen LogP contribution is 2.16.